The fourth-order valence-corrected chi connectivity index (χ4v) is 6.88. The number of hydrogen-bond acceptors (Lipinski definition) is 4. The standard InChI is InChI=1S/C16H20N2O3S2/c1-3-4-15(19)17-16-18(12-7-5-11(2)6-8-12)13-9-23(20,21)10-14(13)22-16/h5-8,13-14H,3-4,9-10H2,1-2H3/t13-,14+/m1/s1. The first-order chi connectivity index (χ1) is 10.9. The molecule has 7 heteroatoms. The van der Waals surface area contributed by atoms with Crippen LogP contribution in [0.4, 0.5) is 5.69 Å². The third kappa shape index (κ3) is 3.45. The van der Waals surface area contributed by atoms with E-state index in [9.17, 15) is 13.2 Å². The van der Waals surface area contributed by atoms with Crippen LogP contribution in [0.25, 0.3) is 0 Å². The molecule has 2 heterocycles. The van der Waals surface area contributed by atoms with Crippen molar-refractivity contribution in [3.05, 3.63) is 29.8 Å². The molecule has 2 fully saturated rings. The van der Waals surface area contributed by atoms with Gasteiger partial charge in [-0.1, -0.05) is 36.4 Å². The Labute approximate surface area is 141 Å². The highest BCUT2D eigenvalue weighted by Gasteiger charge is 2.49. The fraction of sp³-hybridized carbons (Fsp3) is 0.500. The molecule has 1 aromatic carbocycles. The van der Waals surface area contributed by atoms with Gasteiger partial charge in [0, 0.05) is 17.4 Å². The van der Waals surface area contributed by atoms with E-state index in [1.165, 1.54) is 11.8 Å². The Morgan fingerprint density at radius 3 is 2.65 bits per heavy atom. The average Bonchev–Trinajstić information content (AvgIpc) is 2.91. The molecule has 0 spiro atoms. The molecule has 2 aliphatic heterocycles. The lowest BCUT2D eigenvalue weighted by molar-refractivity contribution is -0.117. The van der Waals surface area contributed by atoms with Gasteiger partial charge in [0.2, 0.25) is 5.91 Å². The molecule has 2 atom stereocenters. The molecular formula is C16H20N2O3S2. The van der Waals surface area contributed by atoms with Crippen molar-refractivity contribution in [2.75, 3.05) is 16.4 Å². The lowest BCUT2D eigenvalue weighted by Crippen LogP contribution is -2.37. The SMILES string of the molecule is CCCC(=O)N=C1S[C@H]2CS(=O)(=O)C[C@H]2N1c1ccc(C)cc1. The molecule has 0 radical (unpaired) electrons. The molecule has 0 N–H and O–H groups in total. The Balaban J connectivity index is 1.97. The molecule has 2 saturated heterocycles. The number of anilines is 1. The zero-order valence-electron chi connectivity index (χ0n) is 13.2. The van der Waals surface area contributed by atoms with Gasteiger partial charge in [0.05, 0.1) is 17.5 Å². The number of carbonyl (C=O) groups is 1. The summed E-state index contributed by atoms with van der Waals surface area (Å²) in [7, 11) is -3.02. The smallest absolute Gasteiger partial charge is 0.248 e. The number of benzene rings is 1. The zero-order valence-corrected chi connectivity index (χ0v) is 14.9. The number of rotatable bonds is 3. The van der Waals surface area contributed by atoms with Crippen molar-refractivity contribution in [1.29, 1.82) is 0 Å². The maximum absolute atomic E-state index is 12.0. The predicted octanol–water partition coefficient (Wildman–Crippen LogP) is 2.40. The lowest BCUT2D eigenvalue weighted by atomic mass is 10.1. The number of amides is 1. The molecule has 5 nitrogen and oxygen atoms in total. The number of aliphatic imine (C=N–C) groups is 1. The van der Waals surface area contributed by atoms with Gasteiger partial charge in [0.1, 0.15) is 0 Å². The molecule has 0 aliphatic carbocycles. The largest absolute Gasteiger partial charge is 0.316 e. The summed E-state index contributed by atoms with van der Waals surface area (Å²) in [4.78, 5) is 18.1. The Morgan fingerprint density at radius 2 is 2.00 bits per heavy atom. The second-order valence-corrected chi connectivity index (χ2v) is 9.40. The second kappa shape index (κ2) is 6.28. The van der Waals surface area contributed by atoms with Crippen LogP contribution in [0.3, 0.4) is 0 Å². The predicted molar refractivity (Wildman–Crippen MR) is 94.8 cm³/mol. The Morgan fingerprint density at radius 1 is 1.30 bits per heavy atom. The number of hydrogen-bond donors (Lipinski definition) is 0. The third-order valence-electron chi connectivity index (χ3n) is 4.06. The minimum absolute atomic E-state index is 0.0468. The van der Waals surface area contributed by atoms with Gasteiger partial charge in [0.15, 0.2) is 15.0 Å². The van der Waals surface area contributed by atoms with Crippen LogP contribution in [0.5, 0.6) is 0 Å². The van der Waals surface area contributed by atoms with Crippen molar-refractivity contribution in [2.45, 2.75) is 38.0 Å². The molecule has 0 aromatic heterocycles. The summed E-state index contributed by atoms with van der Waals surface area (Å²) in [5.41, 5.74) is 2.03. The highest BCUT2D eigenvalue weighted by molar-refractivity contribution is 8.16. The highest BCUT2D eigenvalue weighted by atomic mass is 32.2. The topological polar surface area (TPSA) is 66.8 Å². The maximum atomic E-state index is 12.0. The first kappa shape index (κ1) is 16.5. The summed E-state index contributed by atoms with van der Waals surface area (Å²) in [6.07, 6.45) is 1.17. The minimum Gasteiger partial charge on any atom is -0.316 e. The van der Waals surface area contributed by atoms with Gasteiger partial charge < -0.3 is 4.90 Å². The normalized spacial score (nSPS) is 27.4. The molecule has 1 aromatic rings. The summed E-state index contributed by atoms with van der Waals surface area (Å²) in [5, 5.41) is 0.590. The van der Waals surface area contributed by atoms with Crippen LogP contribution >= 0.6 is 11.8 Å². The van der Waals surface area contributed by atoms with Crippen molar-refractivity contribution >= 4 is 38.4 Å². The van der Waals surface area contributed by atoms with E-state index in [-0.39, 0.29) is 28.7 Å². The van der Waals surface area contributed by atoms with E-state index in [4.69, 9.17) is 0 Å². The lowest BCUT2D eigenvalue weighted by Gasteiger charge is -2.24. The van der Waals surface area contributed by atoms with Gasteiger partial charge in [0.25, 0.3) is 0 Å². The van der Waals surface area contributed by atoms with Crippen LogP contribution in [0.15, 0.2) is 29.3 Å². The van der Waals surface area contributed by atoms with E-state index in [0.29, 0.717) is 11.6 Å². The van der Waals surface area contributed by atoms with Crippen LogP contribution in [-0.4, -0.2) is 42.3 Å². The van der Waals surface area contributed by atoms with Crippen LogP contribution < -0.4 is 4.90 Å². The monoisotopic (exact) mass is 352 g/mol. The van der Waals surface area contributed by atoms with Gasteiger partial charge >= 0.3 is 0 Å². The summed E-state index contributed by atoms with van der Waals surface area (Å²) in [6, 6.07) is 7.76. The van der Waals surface area contributed by atoms with E-state index in [1.807, 2.05) is 43.0 Å². The molecule has 0 unspecified atom stereocenters. The van der Waals surface area contributed by atoms with Crippen molar-refractivity contribution in [2.24, 2.45) is 4.99 Å². The number of fused-ring (bicyclic) bond motifs is 1. The maximum Gasteiger partial charge on any atom is 0.248 e. The fourth-order valence-electron chi connectivity index (χ4n) is 2.95. The number of amidine groups is 1. The van der Waals surface area contributed by atoms with Crippen LogP contribution in [0.1, 0.15) is 25.3 Å². The second-order valence-electron chi connectivity index (χ2n) is 6.04. The number of carbonyl (C=O) groups excluding carboxylic acids is 1. The van der Waals surface area contributed by atoms with Crippen molar-refractivity contribution in [3.8, 4) is 0 Å². The van der Waals surface area contributed by atoms with E-state index < -0.39 is 9.84 Å². The minimum atomic E-state index is -3.02. The average molecular weight is 352 g/mol. The van der Waals surface area contributed by atoms with Crippen LogP contribution in [0.2, 0.25) is 0 Å². The van der Waals surface area contributed by atoms with E-state index in [2.05, 4.69) is 4.99 Å². The highest BCUT2D eigenvalue weighted by Crippen LogP contribution is 2.41. The Hall–Kier alpha value is -1.34. The third-order valence-corrected chi connectivity index (χ3v) is 7.27. The molecule has 1 amide bonds. The summed E-state index contributed by atoms with van der Waals surface area (Å²) in [6.45, 7) is 3.95. The molecule has 2 aliphatic rings. The van der Waals surface area contributed by atoms with Crippen molar-refractivity contribution < 1.29 is 13.2 Å². The molecule has 23 heavy (non-hydrogen) atoms. The number of aryl methyl sites for hydroxylation is 1. The number of nitrogens with zero attached hydrogens (tertiary/aromatic N) is 2. The van der Waals surface area contributed by atoms with Crippen molar-refractivity contribution in [1.82, 2.24) is 0 Å². The van der Waals surface area contributed by atoms with Gasteiger partial charge in [-0.2, -0.15) is 4.99 Å². The first-order valence-corrected chi connectivity index (χ1v) is 10.4. The van der Waals surface area contributed by atoms with Gasteiger partial charge in [-0.15, -0.1) is 0 Å². The molecule has 0 bridgehead atoms. The number of sulfone groups is 1. The van der Waals surface area contributed by atoms with Crippen LogP contribution in [0, 0.1) is 6.92 Å². The van der Waals surface area contributed by atoms with Gasteiger partial charge in [-0.05, 0) is 25.5 Å². The molecule has 3 rings (SSSR count). The van der Waals surface area contributed by atoms with E-state index in [0.717, 1.165) is 17.7 Å². The Kier molecular flexibility index (Phi) is 4.51. The Bertz CT molecular complexity index is 741. The summed E-state index contributed by atoms with van der Waals surface area (Å²) >= 11 is 1.42. The summed E-state index contributed by atoms with van der Waals surface area (Å²) in [5.74, 6) is 0.139. The number of thioether (sulfide) groups is 1. The molecule has 124 valence electrons. The van der Waals surface area contributed by atoms with E-state index >= 15 is 0 Å². The van der Waals surface area contributed by atoms with Gasteiger partial charge in [-0.25, -0.2) is 8.42 Å². The first-order valence-electron chi connectivity index (χ1n) is 7.74. The quantitative estimate of drug-likeness (QED) is 0.836. The molecule has 0 saturated carbocycles. The zero-order chi connectivity index (χ0) is 16.6. The molecular weight excluding hydrogens is 332 g/mol. The van der Waals surface area contributed by atoms with Gasteiger partial charge in [-0.3, -0.25) is 4.79 Å². The van der Waals surface area contributed by atoms with Crippen molar-refractivity contribution in [3.63, 3.8) is 0 Å². The van der Waals surface area contributed by atoms with Crippen LogP contribution in [-0.2, 0) is 14.6 Å². The summed E-state index contributed by atoms with van der Waals surface area (Å²) < 4.78 is 23.9. The van der Waals surface area contributed by atoms with E-state index in [1.54, 1.807) is 0 Å².